The van der Waals surface area contributed by atoms with Crippen LogP contribution in [0.1, 0.15) is 5.56 Å². The second-order valence-corrected chi connectivity index (χ2v) is 4.18. The summed E-state index contributed by atoms with van der Waals surface area (Å²) in [6, 6.07) is 8.11. The lowest BCUT2D eigenvalue weighted by atomic mass is 10.2. The Morgan fingerprint density at radius 3 is 2.35 bits per heavy atom. The highest BCUT2D eigenvalue weighted by molar-refractivity contribution is 6.18. The molecule has 0 atom stereocenters. The minimum atomic E-state index is 0.639. The second-order valence-electron chi connectivity index (χ2n) is 3.81. The summed E-state index contributed by atoms with van der Waals surface area (Å²) in [5.41, 5.74) is 1.26. The summed E-state index contributed by atoms with van der Waals surface area (Å²) in [5.74, 6) is 1.52. The summed E-state index contributed by atoms with van der Waals surface area (Å²) in [4.78, 5) is 2.28. The lowest BCUT2D eigenvalue weighted by Crippen LogP contribution is -2.28. The smallest absolute Gasteiger partial charge is 0.118 e. The molecule has 0 saturated carbocycles. The van der Waals surface area contributed by atoms with Crippen LogP contribution < -0.4 is 4.74 Å². The standard InChI is InChI=1S/C13H20ClNO2/c1-16-10-9-15(8-7-14)11-12-3-5-13(17-2)6-4-12/h3-6H,7-11H2,1-2H3. The molecule has 17 heavy (non-hydrogen) atoms. The van der Waals surface area contributed by atoms with Gasteiger partial charge in [-0.3, -0.25) is 4.90 Å². The van der Waals surface area contributed by atoms with Gasteiger partial charge < -0.3 is 9.47 Å². The highest BCUT2D eigenvalue weighted by Crippen LogP contribution is 2.12. The number of hydrogen-bond acceptors (Lipinski definition) is 3. The van der Waals surface area contributed by atoms with Gasteiger partial charge in [-0.25, -0.2) is 0 Å². The normalized spacial score (nSPS) is 10.8. The predicted molar refractivity (Wildman–Crippen MR) is 70.9 cm³/mol. The summed E-state index contributed by atoms with van der Waals surface area (Å²) in [5, 5.41) is 0. The number of halogens is 1. The number of nitrogens with zero attached hydrogens (tertiary/aromatic N) is 1. The summed E-state index contributed by atoms with van der Waals surface area (Å²) in [7, 11) is 3.39. The molecule has 0 aliphatic rings. The van der Waals surface area contributed by atoms with Crippen LogP contribution in [0.25, 0.3) is 0 Å². The first kappa shape index (κ1) is 14.3. The summed E-state index contributed by atoms with van der Waals surface area (Å²) in [6.07, 6.45) is 0. The van der Waals surface area contributed by atoms with Crippen LogP contribution in [0, 0.1) is 0 Å². The fraction of sp³-hybridized carbons (Fsp3) is 0.538. The van der Waals surface area contributed by atoms with E-state index in [9.17, 15) is 0 Å². The van der Waals surface area contributed by atoms with Gasteiger partial charge in [-0.15, -0.1) is 11.6 Å². The molecule has 0 radical (unpaired) electrons. The van der Waals surface area contributed by atoms with E-state index in [0.717, 1.165) is 32.0 Å². The van der Waals surface area contributed by atoms with Crippen LogP contribution in [0.4, 0.5) is 0 Å². The van der Waals surface area contributed by atoms with Gasteiger partial charge in [0.05, 0.1) is 13.7 Å². The van der Waals surface area contributed by atoms with Crippen LogP contribution in [0.3, 0.4) is 0 Å². The summed E-state index contributed by atoms with van der Waals surface area (Å²) in [6.45, 7) is 3.39. The molecule has 1 aromatic carbocycles. The number of rotatable bonds is 8. The molecule has 0 amide bonds. The fourth-order valence-corrected chi connectivity index (χ4v) is 1.84. The van der Waals surface area contributed by atoms with Gasteiger partial charge in [0.15, 0.2) is 0 Å². The van der Waals surface area contributed by atoms with E-state index in [1.165, 1.54) is 5.56 Å². The maximum atomic E-state index is 5.79. The van der Waals surface area contributed by atoms with E-state index >= 15 is 0 Å². The van der Waals surface area contributed by atoms with E-state index in [2.05, 4.69) is 17.0 Å². The highest BCUT2D eigenvalue weighted by atomic mass is 35.5. The molecule has 0 fully saturated rings. The third kappa shape index (κ3) is 5.39. The molecule has 0 aliphatic carbocycles. The largest absolute Gasteiger partial charge is 0.497 e. The van der Waals surface area contributed by atoms with E-state index in [4.69, 9.17) is 21.1 Å². The van der Waals surface area contributed by atoms with Crippen LogP contribution >= 0.6 is 11.6 Å². The monoisotopic (exact) mass is 257 g/mol. The average molecular weight is 258 g/mol. The summed E-state index contributed by atoms with van der Waals surface area (Å²) >= 11 is 5.79. The molecular formula is C13H20ClNO2. The van der Waals surface area contributed by atoms with Crippen molar-refractivity contribution in [3.63, 3.8) is 0 Å². The van der Waals surface area contributed by atoms with Crippen molar-refractivity contribution in [1.29, 1.82) is 0 Å². The zero-order valence-electron chi connectivity index (χ0n) is 10.5. The molecule has 0 spiro atoms. The molecule has 3 nitrogen and oxygen atoms in total. The van der Waals surface area contributed by atoms with Crippen LogP contribution in [-0.4, -0.2) is 44.7 Å². The molecule has 0 heterocycles. The topological polar surface area (TPSA) is 21.7 Å². The number of ether oxygens (including phenoxy) is 2. The first-order chi connectivity index (χ1) is 8.30. The van der Waals surface area contributed by atoms with Crippen molar-refractivity contribution >= 4 is 11.6 Å². The quantitative estimate of drug-likeness (QED) is 0.668. The van der Waals surface area contributed by atoms with Crippen molar-refractivity contribution in [1.82, 2.24) is 4.90 Å². The molecule has 1 aromatic rings. The molecule has 0 saturated heterocycles. The molecule has 4 heteroatoms. The molecule has 0 N–H and O–H groups in total. The first-order valence-corrected chi connectivity index (χ1v) is 6.23. The van der Waals surface area contributed by atoms with Gasteiger partial charge in [0, 0.05) is 32.6 Å². The Morgan fingerprint density at radius 1 is 1.12 bits per heavy atom. The van der Waals surface area contributed by atoms with Crippen LogP contribution in [0.2, 0.25) is 0 Å². The predicted octanol–water partition coefficient (Wildman–Crippen LogP) is 2.38. The minimum absolute atomic E-state index is 0.639. The van der Waals surface area contributed by atoms with Crippen molar-refractivity contribution < 1.29 is 9.47 Å². The molecule has 96 valence electrons. The molecular weight excluding hydrogens is 238 g/mol. The van der Waals surface area contributed by atoms with E-state index in [1.54, 1.807) is 14.2 Å². The summed E-state index contributed by atoms with van der Waals surface area (Å²) < 4.78 is 10.2. The lowest BCUT2D eigenvalue weighted by Gasteiger charge is -2.20. The van der Waals surface area contributed by atoms with Crippen molar-refractivity contribution in [3.05, 3.63) is 29.8 Å². The van der Waals surface area contributed by atoms with Crippen molar-refractivity contribution in [2.24, 2.45) is 0 Å². The number of alkyl halides is 1. The Bertz CT molecular complexity index is 303. The molecule has 0 aliphatic heterocycles. The molecule has 0 aromatic heterocycles. The zero-order valence-corrected chi connectivity index (χ0v) is 11.2. The van der Waals surface area contributed by atoms with Gasteiger partial charge >= 0.3 is 0 Å². The molecule has 1 rings (SSSR count). The van der Waals surface area contributed by atoms with E-state index in [1.807, 2.05) is 12.1 Å². The highest BCUT2D eigenvalue weighted by Gasteiger charge is 2.05. The third-order valence-electron chi connectivity index (χ3n) is 2.58. The second kappa shape index (κ2) is 8.34. The zero-order chi connectivity index (χ0) is 12.5. The van der Waals surface area contributed by atoms with E-state index in [-0.39, 0.29) is 0 Å². The van der Waals surface area contributed by atoms with Crippen molar-refractivity contribution in [2.45, 2.75) is 6.54 Å². The Morgan fingerprint density at radius 2 is 1.82 bits per heavy atom. The Balaban J connectivity index is 2.51. The van der Waals surface area contributed by atoms with Gasteiger partial charge in [-0.1, -0.05) is 12.1 Å². The van der Waals surface area contributed by atoms with Crippen LogP contribution in [-0.2, 0) is 11.3 Å². The van der Waals surface area contributed by atoms with E-state index in [0.29, 0.717) is 5.88 Å². The number of hydrogen-bond donors (Lipinski definition) is 0. The Labute approximate surface area is 108 Å². The molecule has 0 bridgehead atoms. The lowest BCUT2D eigenvalue weighted by molar-refractivity contribution is 0.148. The number of benzene rings is 1. The average Bonchev–Trinajstić information content (AvgIpc) is 2.37. The number of methoxy groups -OCH3 is 2. The van der Waals surface area contributed by atoms with Crippen molar-refractivity contribution in [2.75, 3.05) is 39.8 Å². The van der Waals surface area contributed by atoms with Gasteiger partial charge in [0.1, 0.15) is 5.75 Å². The minimum Gasteiger partial charge on any atom is -0.497 e. The van der Waals surface area contributed by atoms with Gasteiger partial charge in [0.25, 0.3) is 0 Å². The van der Waals surface area contributed by atoms with E-state index < -0.39 is 0 Å². The van der Waals surface area contributed by atoms with Crippen LogP contribution in [0.15, 0.2) is 24.3 Å². The fourth-order valence-electron chi connectivity index (χ4n) is 1.60. The maximum Gasteiger partial charge on any atom is 0.118 e. The van der Waals surface area contributed by atoms with Gasteiger partial charge in [0.2, 0.25) is 0 Å². The SMILES string of the molecule is COCCN(CCCl)Cc1ccc(OC)cc1. The van der Waals surface area contributed by atoms with Crippen LogP contribution in [0.5, 0.6) is 5.75 Å². The molecule has 0 unspecified atom stereocenters. The van der Waals surface area contributed by atoms with Gasteiger partial charge in [-0.05, 0) is 17.7 Å². The third-order valence-corrected chi connectivity index (χ3v) is 2.75. The van der Waals surface area contributed by atoms with Crippen molar-refractivity contribution in [3.8, 4) is 5.75 Å². The maximum absolute atomic E-state index is 5.79. The Kier molecular flexibility index (Phi) is 7.01. The Hall–Kier alpha value is -0.770. The first-order valence-electron chi connectivity index (χ1n) is 5.70. The van der Waals surface area contributed by atoms with Gasteiger partial charge in [-0.2, -0.15) is 0 Å².